The Hall–Kier alpha value is -4.10. The molecule has 2 heteroatoms. The fraction of sp³-hybridized carbons (Fsp3) is 0. The Labute approximate surface area is 216 Å². The number of hydrogen-bond donors (Lipinski definition) is 0. The second-order valence-electron chi connectivity index (χ2n) is 9.00. The van der Waals surface area contributed by atoms with E-state index >= 15 is 0 Å². The molecule has 0 fully saturated rings. The molecular formula is C34H23NSe. The monoisotopic (exact) mass is 525 g/mol. The van der Waals surface area contributed by atoms with E-state index in [-0.39, 0.29) is 0 Å². The minimum atomic E-state index is 0.323. The Bertz CT molecular complexity index is 1790. The summed E-state index contributed by atoms with van der Waals surface area (Å²) in [5.74, 6) is 0. The summed E-state index contributed by atoms with van der Waals surface area (Å²) >= 11 is 0.323. The molecule has 1 aromatic heterocycles. The Morgan fingerprint density at radius 2 is 1.14 bits per heavy atom. The average molecular weight is 525 g/mol. The van der Waals surface area contributed by atoms with Crippen molar-refractivity contribution in [2.75, 3.05) is 4.90 Å². The van der Waals surface area contributed by atoms with Crippen molar-refractivity contribution in [2.45, 2.75) is 0 Å². The molecule has 0 aliphatic rings. The van der Waals surface area contributed by atoms with E-state index in [2.05, 4.69) is 144 Å². The quantitative estimate of drug-likeness (QED) is 0.207. The Balaban J connectivity index is 1.45. The van der Waals surface area contributed by atoms with Crippen molar-refractivity contribution in [2.24, 2.45) is 0 Å². The zero-order valence-corrected chi connectivity index (χ0v) is 21.3. The number of anilines is 3. The summed E-state index contributed by atoms with van der Waals surface area (Å²) < 4.78 is 2.98. The van der Waals surface area contributed by atoms with Gasteiger partial charge in [0, 0.05) is 0 Å². The molecule has 7 aromatic rings. The molecule has 0 bridgehead atoms. The summed E-state index contributed by atoms with van der Waals surface area (Å²) in [5.41, 5.74) is 5.96. The van der Waals surface area contributed by atoms with Crippen molar-refractivity contribution in [1.29, 1.82) is 0 Å². The van der Waals surface area contributed by atoms with Crippen molar-refractivity contribution in [3.05, 3.63) is 140 Å². The minimum absolute atomic E-state index is 0.323. The molecule has 1 nitrogen and oxygen atoms in total. The van der Waals surface area contributed by atoms with Crippen molar-refractivity contribution >= 4 is 61.6 Å². The molecule has 6 aromatic carbocycles. The molecule has 0 saturated heterocycles. The van der Waals surface area contributed by atoms with E-state index in [1.807, 2.05) is 0 Å². The van der Waals surface area contributed by atoms with Crippen LogP contribution in [0.4, 0.5) is 17.1 Å². The molecule has 170 valence electrons. The van der Waals surface area contributed by atoms with E-state index in [0.717, 1.165) is 11.4 Å². The summed E-state index contributed by atoms with van der Waals surface area (Å²) in [6.45, 7) is 0. The van der Waals surface area contributed by atoms with E-state index < -0.39 is 0 Å². The van der Waals surface area contributed by atoms with Gasteiger partial charge in [0.2, 0.25) is 0 Å². The fourth-order valence-electron chi connectivity index (χ4n) is 5.17. The third kappa shape index (κ3) is 3.55. The maximum atomic E-state index is 2.41. The molecule has 7 rings (SSSR count). The van der Waals surface area contributed by atoms with Crippen LogP contribution in [0.15, 0.2) is 140 Å². The fourth-order valence-corrected chi connectivity index (χ4v) is 7.72. The van der Waals surface area contributed by atoms with Gasteiger partial charge in [0.25, 0.3) is 0 Å². The summed E-state index contributed by atoms with van der Waals surface area (Å²) in [7, 11) is 0. The summed E-state index contributed by atoms with van der Waals surface area (Å²) in [6, 6.07) is 50.5. The van der Waals surface area contributed by atoms with Gasteiger partial charge in [-0.15, -0.1) is 0 Å². The topological polar surface area (TPSA) is 3.24 Å². The standard InChI is InChI=1S/C34H23NSe/c1-3-12-26(13-4-1)35(27-14-5-2-6-15-27)32-18-10-9-16-28(32)25-20-22-33-31(23-25)30-21-19-24-11-7-8-17-29(24)34(30)36-33/h1-23H. The molecule has 0 saturated carbocycles. The molecule has 0 N–H and O–H groups in total. The van der Waals surface area contributed by atoms with Crippen LogP contribution in [0.2, 0.25) is 0 Å². The summed E-state index contributed by atoms with van der Waals surface area (Å²) in [4.78, 5) is 2.36. The van der Waals surface area contributed by atoms with Crippen LogP contribution >= 0.6 is 0 Å². The Morgan fingerprint density at radius 3 is 1.92 bits per heavy atom. The first-order valence-corrected chi connectivity index (χ1v) is 13.9. The van der Waals surface area contributed by atoms with Gasteiger partial charge in [-0.1, -0.05) is 0 Å². The molecule has 0 aliphatic heterocycles. The van der Waals surface area contributed by atoms with E-state index in [1.165, 1.54) is 46.9 Å². The van der Waals surface area contributed by atoms with Crippen molar-refractivity contribution in [3.8, 4) is 11.1 Å². The molecule has 0 atom stereocenters. The van der Waals surface area contributed by atoms with Crippen molar-refractivity contribution in [3.63, 3.8) is 0 Å². The first-order valence-electron chi connectivity index (χ1n) is 12.2. The van der Waals surface area contributed by atoms with Gasteiger partial charge < -0.3 is 0 Å². The normalized spacial score (nSPS) is 11.3. The van der Waals surface area contributed by atoms with Crippen molar-refractivity contribution in [1.82, 2.24) is 0 Å². The Morgan fingerprint density at radius 1 is 0.472 bits per heavy atom. The van der Waals surface area contributed by atoms with E-state index in [9.17, 15) is 0 Å². The zero-order chi connectivity index (χ0) is 23.9. The van der Waals surface area contributed by atoms with Gasteiger partial charge in [-0.25, -0.2) is 0 Å². The summed E-state index contributed by atoms with van der Waals surface area (Å²) in [6.07, 6.45) is 0. The average Bonchev–Trinajstić information content (AvgIpc) is 3.33. The van der Waals surface area contributed by atoms with Gasteiger partial charge in [-0.2, -0.15) is 0 Å². The molecule has 1 heterocycles. The Kier molecular flexibility index (Phi) is 5.21. The number of fused-ring (bicyclic) bond motifs is 5. The third-order valence-electron chi connectivity index (χ3n) is 6.85. The van der Waals surface area contributed by atoms with Gasteiger partial charge in [0.15, 0.2) is 0 Å². The molecule has 0 spiro atoms. The molecule has 0 radical (unpaired) electrons. The van der Waals surface area contributed by atoms with Crippen molar-refractivity contribution < 1.29 is 0 Å². The van der Waals surface area contributed by atoms with Crippen LogP contribution in [0.25, 0.3) is 41.2 Å². The van der Waals surface area contributed by atoms with Gasteiger partial charge in [0.05, 0.1) is 0 Å². The molecule has 0 aliphatic carbocycles. The van der Waals surface area contributed by atoms with Crippen LogP contribution in [-0.4, -0.2) is 14.5 Å². The zero-order valence-electron chi connectivity index (χ0n) is 19.6. The van der Waals surface area contributed by atoms with E-state index in [4.69, 9.17) is 0 Å². The predicted octanol–water partition coefficient (Wildman–Crippen LogP) is 9.34. The molecule has 36 heavy (non-hydrogen) atoms. The van der Waals surface area contributed by atoms with Crippen LogP contribution in [0.5, 0.6) is 0 Å². The van der Waals surface area contributed by atoms with Crippen LogP contribution in [0, 0.1) is 0 Å². The second kappa shape index (κ2) is 8.84. The van der Waals surface area contributed by atoms with Gasteiger partial charge >= 0.3 is 217 Å². The molecular weight excluding hydrogens is 501 g/mol. The third-order valence-corrected chi connectivity index (χ3v) is 9.41. The number of hydrogen-bond acceptors (Lipinski definition) is 1. The first kappa shape index (κ1) is 21.2. The number of rotatable bonds is 4. The van der Waals surface area contributed by atoms with Gasteiger partial charge in [0.1, 0.15) is 0 Å². The van der Waals surface area contributed by atoms with Crippen LogP contribution in [0.1, 0.15) is 0 Å². The van der Waals surface area contributed by atoms with Crippen LogP contribution in [-0.2, 0) is 0 Å². The van der Waals surface area contributed by atoms with E-state index in [1.54, 1.807) is 0 Å². The SMILES string of the molecule is c1ccc(N(c2ccccc2)c2ccccc2-c2ccc3[se]c4c5ccccc5ccc4c3c2)cc1. The number of nitrogens with zero attached hydrogens (tertiary/aromatic N) is 1. The van der Waals surface area contributed by atoms with Gasteiger partial charge in [-0.3, -0.25) is 0 Å². The number of benzene rings is 6. The van der Waals surface area contributed by atoms with Crippen LogP contribution in [0.3, 0.4) is 0 Å². The number of para-hydroxylation sites is 3. The second-order valence-corrected chi connectivity index (χ2v) is 11.2. The molecule has 0 amide bonds. The van der Waals surface area contributed by atoms with Gasteiger partial charge in [-0.05, 0) is 0 Å². The predicted molar refractivity (Wildman–Crippen MR) is 156 cm³/mol. The molecule has 0 unspecified atom stereocenters. The summed E-state index contributed by atoms with van der Waals surface area (Å²) in [5, 5.41) is 5.50. The van der Waals surface area contributed by atoms with E-state index in [0.29, 0.717) is 14.5 Å². The first-order chi connectivity index (χ1) is 17.9. The maximum absolute atomic E-state index is 2.41. The van der Waals surface area contributed by atoms with Crippen LogP contribution < -0.4 is 4.90 Å².